The molecule has 0 spiro atoms. The van der Waals surface area contributed by atoms with Crippen molar-refractivity contribution in [1.82, 2.24) is 10.2 Å². The smallest absolute Gasteiger partial charge is 0.338 e. The summed E-state index contributed by atoms with van der Waals surface area (Å²) >= 11 is 0. The number of urea groups is 1. The van der Waals surface area contributed by atoms with Crippen LogP contribution in [0, 0.1) is 11.6 Å². The minimum Gasteiger partial charge on any atom is -0.463 e. The Morgan fingerprint density at radius 2 is 2.04 bits per heavy atom. The molecule has 0 aromatic heterocycles. The number of amides is 2. The zero-order valence-electron chi connectivity index (χ0n) is 14.3. The van der Waals surface area contributed by atoms with E-state index in [1.54, 1.807) is 13.8 Å². The predicted octanol–water partition coefficient (Wildman–Crippen LogP) is 2.51. The van der Waals surface area contributed by atoms with Gasteiger partial charge in [-0.2, -0.15) is 0 Å². The van der Waals surface area contributed by atoms with Crippen molar-refractivity contribution in [1.29, 1.82) is 0 Å². The minimum absolute atomic E-state index is 0.145. The standard InChI is InChI=1S/C17H20F2N2O4/c1-4-25-16(22)14-10(2)21(7-8-24-3)17(23)20-15(14)11-5-6-12(18)13(19)9-11/h5-6,9,15H,4,7-8H2,1-3H3,(H,20,23)/t15-/m0/s1. The van der Waals surface area contributed by atoms with Crippen LogP contribution < -0.4 is 5.32 Å². The lowest BCUT2D eigenvalue weighted by atomic mass is 9.94. The fourth-order valence-electron chi connectivity index (χ4n) is 2.65. The van der Waals surface area contributed by atoms with Crippen LogP contribution in [0.4, 0.5) is 13.6 Å². The fourth-order valence-corrected chi connectivity index (χ4v) is 2.65. The molecule has 25 heavy (non-hydrogen) atoms. The second-order valence-corrected chi connectivity index (χ2v) is 5.42. The van der Waals surface area contributed by atoms with Gasteiger partial charge in [0.2, 0.25) is 0 Å². The largest absolute Gasteiger partial charge is 0.463 e. The Morgan fingerprint density at radius 3 is 2.64 bits per heavy atom. The number of methoxy groups -OCH3 is 1. The molecule has 6 nitrogen and oxygen atoms in total. The molecule has 1 aliphatic rings. The fraction of sp³-hybridized carbons (Fsp3) is 0.412. The zero-order valence-corrected chi connectivity index (χ0v) is 14.3. The van der Waals surface area contributed by atoms with Gasteiger partial charge in [0, 0.05) is 12.8 Å². The van der Waals surface area contributed by atoms with E-state index in [2.05, 4.69) is 5.32 Å². The first-order chi connectivity index (χ1) is 11.9. The van der Waals surface area contributed by atoms with Gasteiger partial charge in [-0.15, -0.1) is 0 Å². The van der Waals surface area contributed by atoms with Gasteiger partial charge < -0.3 is 14.8 Å². The molecule has 0 saturated carbocycles. The summed E-state index contributed by atoms with van der Waals surface area (Å²) in [4.78, 5) is 26.1. The maximum atomic E-state index is 13.6. The number of nitrogens with zero attached hydrogens (tertiary/aromatic N) is 1. The van der Waals surface area contributed by atoms with Crippen LogP contribution in [0.15, 0.2) is 29.5 Å². The van der Waals surface area contributed by atoms with Crippen LogP contribution in [0.3, 0.4) is 0 Å². The van der Waals surface area contributed by atoms with Gasteiger partial charge in [0.1, 0.15) is 0 Å². The van der Waals surface area contributed by atoms with Gasteiger partial charge in [-0.05, 0) is 31.5 Å². The van der Waals surface area contributed by atoms with E-state index in [9.17, 15) is 18.4 Å². The highest BCUT2D eigenvalue weighted by molar-refractivity contribution is 5.95. The lowest BCUT2D eigenvalue weighted by molar-refractivity contribution is -0.139. The third kappa shape index (κ3) is 3.96. The van der Waals surface area contributed by atoms with Crippen LogP contribution in [0.2, 0.25) is 0 Å². The number of ether oxygens (including phenoxy) is 2. The molecule has 0 bridgehead atoms. The first-order valence-electron chi connectivity index (χ1n) is 7.80. The van der Waals surface area contributed by atoms with E-state index >= 15 is 0 Å². The lowest BCUT2D eigenvalue weighted by Crippen LogP contribution is -2.49. The number of carbonyl (C=O) groups is 2. The summed E-state index contributed by atoms with van der Waals surface area (Å²) < 4.78 is 36.9. The second kappa shape index (κ2) is 8.06. The van der Waals surface area contributed by atoms with E-state index in [-0.39, 0.29) is 30.9 Å². The Morgan fingerprint density at radius 1 is 1.32 bits per heavy atom. The maximum Gasteiger partial charge on any atom is 0.338 e. The first kappa shape index (κ1) is 18.9. The number of carbonyl (C=O) groups excluding carboxylic acids is 2. The molecule has 136 valence electrons. The molecule has 2 amide bonds. The average Bonchev–Trinajstić information content (AvgIpc) is 2.56. The van der Waals surface area contributed by atoms with E-state index < -0.39 is 29.7 Å². The van der Waals surface area contributed by atoms with Crippen LogP contribution in [-0.4, -0.2) is 43.8 Å². The van der Waals surface area contributed by atoms with E-state index in [1.165, 1.54) is 18.1 Å². The van der Waals surface area contributed by atoms with E-state index in [1.807, 2.05) is 0 Å². The summed E-state index contributed by atoms with van der Waals surface area (Å²) in [7, 11) is 1.50. The zero-order chi connectivity index (χ0) is 18.6. The third-order valence-corrected chi connectivity index (χ3v) is 3.89. The van der Waals surface area contributed by atoms with Gasteiger partial charge in [0.25, 0.3) is 0 Å². The van der Waals surface area contributed by atoms with Gasteiger partial charge in [0.05, 0.1) is 31.4 Å². The molecule has 2 rings (SSSR count). The molecule has 1 aliphatic heterocycles. The molecule has 1 N–H and O–H groups in total. The molecule has 1 heterocycles. The molecule has 0 saturated heterocycles. The van der Waals surface area contributed by atoms with Crippen molar-refractivity contribution >= 4 is 12.0 Å². The van der Waals surface area contributed by atoms with Crippen LogP contribution in [0.25, 0.3) is 0 Å². The molecule has 1 atom stereocenters. The molecular weight excluding hydrogens is 334 g/mol. The van der Waals surface area contributed by atoms with Gasteiger partial charge >= 0.3 is 12.0 Å². The lowest BCUT2D eigenvalue weighted by Gasteiger charge is -2.35. The van der Waals surface area contributed by atoms with E-state index in [0.717, 1.165) is 12.1 Å². The third-order valence-electron chi connectivity index (χ3n) is 3.89. The molecular formula is C17H20F2N2O4. The molecule has 8 heteroatoms. The van der Waals surface area contributed by atoms with E-state index in [4.69, 9.17) is 9.47 Å². The number of esters is 1. The van der Waals surface area contributed by atoms with Gasteiger partial charge in [0.15, 0.2) is 11.6 Å². The predicted molar refractivity (Wildman–Crippen MR) is 85.5 cm³/mol. The summed E-state index contributed by atoms with van der Waals surface area (Å²) in [5.41, 5.74) is 0.804. The van der Waals surface area contributed by atoms with Crippen LogP contribution in [0.1, 0.15) is 25.5 Å². The molecule has 1 aromatic carbocycles. The van der Waals surface area contributed by atoms with Gasteiger partial charge in [-0.3, -0.25) is 4.90 Å². The summed E-state index contributed by atoms with van der Waals surface area (Å²) in [6.45, 7) is 3.92. The van der Waals surface area contributed by atoms with Gasteiger partial charge in [-0.1, -0.05) is 6.07 Å². The number of halogens is 2. The average molecular weight is 354 g/mol. The molecule has 0 unspecified atom stereocenters. The molecule has 1 aromatic rings. The number of benzene rings is 1. The van der Waals surface area contributed by atoms with Crippen LogP contribution in [-0.2, 0) is 14.3 Å². The van der Waals surface area contributed by atoms with Crippen molar-refractivity contribution in [3.05, 3.63) is 46.7 Å². The van der Waals surface area contributed by atoms with Gasteiger partial charge in [-0.25, -0.2) is 18.4 Å². The Balaban J connectivity index is 2.49. The first-order valence-corrected chi connectivity index (χ1v) is 7.80. The van der Waals surface area contributed by atoms with Crippen molar-refractivity contribution in [2.24, 2.45) is 0 Å². The molecule has 0 aliphatic carbocycles. The summed E-state index contributed by atoms with van der Waals surface area (Å²) in [5.74, 6) is -2.70. The van der Waals surface area contributed by atoms with Crippen molar-refractivity contribution in [2.75, 3.05) is 26.9 Å². The van der Waals surface area contributed by atoms with Crippen molar-refractivity contribution < 1.29 is 27.8 Å². The SMILES string of the molecule is CCOC(=O)C1=C(C)N(CCOC)C(=O)N[C@H]1c1ccc(F)c(F)c1. The highest BCUT2D eigenvalue weighted by Gasteiger charge is 2.36. The Kier molecular flexibility index (Phi) is 6.08. The Bertz CT molecular complexity index is 706. The quantitative estimate of drug-likeness (QED) is 0.797. The van der Waals surface area contributed by atoms with Crippen molar-refractivity contribution in [3.8, 4) is 0 Å². The van der Waals surface area contributed by atoms with Crippen LogP contribution >= 0.6 is 0 Å². The van der Waals surface area contributed by atoms with Crippen molar-refractivity contribution in [3.63, 3.8) is 0 Å². The van der Waals surface area contributed by atoms with Crippen LogP contribution in [0.5, 0.6) is 0 Å². The molecule has 0 fully saturated rings. The van der Waals surface area contributed by atoms with E-state index in [0.29, 0.717) is 5.70 Å². The second-order valence-electron chi connectivity index (χ2n) is 5.42. The number of hydrogen-bond donors (Lipinski definition) is 1. The summed E-state index contributed by atoms with van der Waals surface area (Å²) in [5, 5.41) is 2.64. The Labute approximate surface area is 144 Å². The number of nitrogens with one attached hydrogen (secondary N) is 1. The molecule has 0 radical (unpaired) electrons. The monoisotopic (exact) mass is 354 g/mol. The normalized spacial score (nSPS) is 17.6. The maximum absolute atomic E-state index is 13.6. The summed E-state index contributed by atoms with van der Waals surface area (Å²) in [6.07, 6.45) is 0. The topological polar surface area (TPSA) is 67.9 Å². The highest BCUT2D eigenvalue weighted by Crippen LogP contribution is 2.31. The number of rotatable bonds is 6. The summed E-state index contributed by atoms with van der Waals surface area (Å²) in [6, 6.07) is 1.84. The number of hydrogen-bond acceptors (Lipinski definition) is 4. The van der Waals surface area contributed by atoms with Crippen molar-refractivity contribution in [2.45, 2.75) is 19.9 Å². The number of allylic oxidation sites excluding steroid dienone is 1. The highest BCUT2D eigenvalue weighted by atomic mass is 19.2. The Hall–Kier alpha value is -2.48. The minimum atomic E-state index is -1.06.